The molecule has 2 rings (SSSR count). The highest BCUT2D eigenvalue weighted by atomic mass is 32.1. The topological polar surface area (TPSA) is 69.6 Å². The molecule has 1 heterocycles. The van der Waals surface area contributed by atoms with Crippen LogP contribution in [0.4, 0.5) is 4.79 Å². The summed E-state index contributed by atoms with van der Waals surface area (Å²) in [5, 5.41) is 14.1. The van der Waals surface area contributed by atoms with Gasteiger partial charge in [0.1, 0.15) is 6.04 Å². The second-order valence-corrected chi connectivity index (χ2v) is 6.07. The van der Waals surface area contributed by atoms with Crippen LogP contribution in [0.1, 0.15) is 42.7 Å². The average Bonchev–Trinajstić information content (AvgIpc) is 2.88. The van der Waals surface area contributed by atoms with Crippen molar-refractivity contribution in [2.75, 3.05) is 7.05 Å². The number of likely N-dealkylation sites (N-methyl/N-ethyl adjacent to an activating group) is 1. The van der Waals surface area contributed by atoms with Crippen molar-refractivity contribution in [2.45, 2.75) is 44.7 Å². The first-order chi connectivity index (χ1) is 9.54. The lowest BCUT2D eigenvalue weighted by atomic mass is 9.94. The molecule has 110 valence electrons. The first-order valence-corrected chi connectivity index (χ1v) is 7.75. The normalized spacial score (nSPS) is 19.0. The lowest BCUT2D eigenvalue weighted by Gasteiger charge is -2.29. The highest BCUT2D eigenvalue weighted by molar-refractivity contribution is 7.10. The van der Waals surface area contributed by atoms with E-state index in [0.717, 1.165) is 19.3 Å². The Morgan fingerprint density at radius 3 is 3.00 bits per heavy atom. The van der Waals surface area contributed by atoms with E-state index in [4.69, 9.17) is 5.11 Å². The molecular formula is C14H20N2O3S. The van der Waals surface area contributed by atoms with E-state index >= 15 is 0 Å². The Balaban J connectivity index is 2.04. The molecule has 0 fully saturated rings. The number of amides is 2. The van der Waals surface area contributed by atoms with Gasteiger partial charge in [0.15, 0.2) is 0 Å². The number of nitrogens with zero attached hydrogens (tertiary/aromatic N) is 1. The Bertz CT molecular complexity index is 500. The third-order valence-corrected chi connectivity index (χ3v) is 4.81. The zero-order chi connectivity index (χ0) is 14.7. The van der Waals surface area contributed by atoms with Crippen molar-refractivity contribution in [3.05, 3.63) is 21.9 Å². The van der Waals surface area contributed by atoms with Crippen molar-refractivity contribution in [2.24, 2.45) is 0 Å². The molecular weight excluding hydrogens is 276 g/mol. The Morgan fingerprint density at radius 1 is 1.60 bits per heavy atom. The SMILES string of the molecule is CCC(C(=O)O)N(C)C(=O)NC1CCCc2sccc21. The molecule has 1 aliphatic carbocycles. The van der Waals surface area contributed by atoms with Gasteiger partial charge in [-0.1, -0.05) is 6.92 Å². The Morgan fingerprint density at radius 2 is 2.35 bits per heavy atom. The number of rotatable bonds is 4. The van der Waals surface area contributed by atoms with Crippen molar-refractivity contribution >= 4 is 23.3 Å². The summed E-state index contributed by atoms with van der Waals surface area (Å²) < 4.78 is 0. The van der Waals surface area contributed by atoms with Gasteiger partial charge in [0.2, 0.25) is 0 Å². The minimum absolute atomic E-state index is 0.00579. The molecule has 1 aromatic heterocycles. The molecule has 6 heteroatoms. The summed E-state index contributed by atoms with van der Waals surface area (Å²) in [6.07, 6.45) is 3.43. The van der Waals surface area contributed by atoms with E-state index < -0.39 is 12.0 Å². The van der Waals surface area contributed by atoms with E-state index in [1.165, 1.54) is 22.4 Å². The molecule has 0 saturated carbocycles. The summed E-state index contributed by atoms with van der Waals surface area (Å²) in [5.74, 6) is -0.968. The number of urea groups is 1. The highest BCUT2D eigenvalue weighted by Crippen LogP contribution is 2.33. The van der Waals surface area contributed by atoms with E-state index in [1.807, 2.05) is 5.38 Å². The van der Waals surface area contributed by atoms with Crippen molar-refractivity contribution < 1.29 is 14.7 Å². The van der Waals surface area contributed by atoms with Gasteiger partial charge in [-0.05, 0) is 42.7 Å². The van der Waals surface area contributed by atoms with E-state index in [9.17, 15) is 9.59 Å². The van der Waals surface area contributed by atoms with Crippen LogP contribution in [0, 0.1) is 0 Å². The minimum atomic E-state index is -0.968. The number of hydrogen-bond acceptors (Lipinski definition) is 3. The van der Waals surface area contributed by atoms with E-state index in [0.29, 0.717) is 6.42 Å². The van der Waals surface area contributed by atoms with Gasteiger partial charge in [0, 0.05) is 11.9 Å². The van der Waals surface area contributed by atoms with Gasteiger partial charge in [-0.3, -0.25) is 0 Å². The smallest absolute Gasteiger partial charge is 0.326 e. The van der Waals surface area contributed by atoms with Gasteiger partial charge in [-0.15, -0.1) is 11.3 Å². The summed E-state index contributed by atoms with van der Waals surface area (Å²) in [6, 6.07) is 0.966. The van der Waals surface area contributed by atoms with Crippen molar-refractivity contribution in [3.63, 3.8) is 0 Å². The maximum absolute atomic E-state index is 12.2. The van der Waals surface area contributed by atoms with Crippen LogP contribution in [-0.4, -0.2) is 35.1 Å². The second-order valence-electron chi connectivity index (χ2n) is 5.07. The maximum Gasteiger partial charge on any atom is 0.326 e. The van der Waals surface area contributed by atoms with Crippen LogP contribution in [-0.2, 0) is 11.2 Å². The summed E-state index contributed by atoms with van der Waals surface area (Å²) in [4.78, 5) is 25.9. The number of hydrogen-bond donors (Lipinski definition) is 2. The third-order valence-electron chi connectivity index (χ3n) is 3.81. The van der Waals surface area contributed by atoms with Gasteiger partial charge in [0.05, 0.1) is 6.04 Å². The van der Waals surface area contributed by atoms with E-state index in [1.54, 1.807) is 18.3 Å². The predicted molar refractivity (Wildman–Crippen MR) is 78.0 cm³/mol. The Kier molecular flexibility index (Phi) is 4.65. The minimum Gasteiger partial charge on any atom is -0.480 e. The summed E-state index contributed by atoms with van der Waals surface area (Å²) in [5.41, 5.74) is 1.19. The zero-order valence-corrected chi connectivity index (χ0v) is 12.6. The van der Waals surface area contributed by atoms with Crippen molar-refractivity contribution in [1.29, 1.82) is 0 Å². The van der Waals surface area contributed by atoms with Gasteiger partial charge >= 0.3 is 12.0 Å². The van der Waals surface area contributed by atoms with Gasteiger partial charge in [-0.25, -0.2) is 9.59 Å². The van der Waals surface area contributed by atoms with Crippen LogP contribution in [0.3, 0.4) is 0 Å². The first kappa shape index (κ1) is 14.8. The number of nitrogens with one attached hydrogen (secondary N) is 1. The molecule has 20 heavy (non-hydrogen) atoms. The lowest BCUT2D eigenvalue weighted by molar-refractivity contribution is -0.141. The number of fused-ring (bicyclic) bond motifs is 1. The van der Waals surface area contributed by atoms with Crippen LogP contribution < -0.4 is 5.32 Å². The Labute approximate surface area is 122 Å². The number of carbonyl (C=O) groups is 2. The number of aliphatic carboxylic acids is 1. The summed E-state index contributed by atoms with van der Waals surface area (Å²) in [6.45, 7) is 1.76. The van der Waals surface area contributed by atoms with Gasteiger partial charge < -0.3 is 15.3 Å². The van der Waals surface area contributed by atoms with Gasteiger partial charge in [0.25, 0.3) is 0 Å². The monoisotopic (exact) mass is 296 g/mol. The van der Waals surface area contributed by atoms with Crippen LogP contribution in [0.5, 0.6) is 0 Å². The van der Waals surface area contributed by atoms with Crippen molar-refractivity contribution in [3.8, 4) is 0 Å². The first-order valence-electron chi connectivity index (χ1n) is 6.87. The fourth-order valence-corrected chi connectivity index (χ4v) is 3.63. The van der Waals surface area contributed by atoms with Gasteiger partial charge in [-0.2, -0.15) is 0 Å². The molecule has 2 atom stereocenters. The van der Waals surface area contributed by atoms with E-state index in [2.05, 4.69) is 11.4 Å². The molecule has 0 aromatic carbocycles. The van der Waals surface area contributed by atoms with Crippen LogP contribution in [0.25, 0.3) is 0 Å². The van der Waals surface area contributed by atoms with Crippen LogP contribution in [0.2, 0.25) is 0 Å². The average molecular weight is 296 g/mol. The number of thiophene rings is 1. The van der Waals surface area contributed by atoms with Crippen LogP contribution in [0.15, 0.2) is 11.4 Å². The molecule has 0 saturated heterocycles. The molecule has 0 spiro atoms. The largest absolute Gasteiger partial charge is 0.480 e. The number of carboxylic acid groups (broad SMARTS) is 1. The van der Waals surface area contributed by atoms with E-state index in [-0.39, 0.29) is 12.1 Å². The molecule has 0 bridgehead atoms. The quantitative estimate of drug-likeness (QED) is 0.897. The zero-order valence-electron chi connectivity index (χ0n) is 11.8. The van der Waals surface area contributed by atoms with Crippen LogP contribution >= 0.6 is 11.3 Å². The summed E-state index contributed by atoms with van der Waals surface area (Å²) >= 11 is 1.72. The fraction of sp³-hybridized carbons (Fsp3) is 0.571. The highest BCUT2D eigenvalue weighted by Gasteiger charge is 2.28. The van der Waals surface area contributed by atoms with Crippen molar-refractivity contribution in [1.82, 2.24) is 10.2 Å². The molecule has 0 aliphatic heterocycles. The Hall–Kier alpha value is -1.56. The maximum atomic E-state index is 12.2. The molecule has 1 aromatic rings. The number of carbonyl (C=O) groups excluding carboxylic acids is 1. The molecule has 2 amide bonds. The molecule has 5 nitrogen and oxygen atoms in total. The standard InChI is InChI=1S/C14H20N2O3S/c1-3-11(13(17)18)16(2)14(19)15-10-5-4-6-12-9(10)7-8-20-12/h7-8,10-11H,3-6H2,1-2H3,(H,15,19)(H,17,18). The summed E-state index contributed by atoms with van der Waals surface area (Å²) in [7, 11) is 1.54. The molecule has 2 unspecified atom stereocenters. The molecule has 2 N–H and O–H groups in total. The molecule has 0 radical (unpaired) electrons. The number of aryl methyl sites for hydroxylation is 1. The fourth-order valence-electron chi connectivity index (χ4n) is 2.64. The lowest BCUT2D eigenvalue weighted by Crippen LogP contribution is -2.48. The second kappa shape index (κ2) is 6.26. The molecule has 1 aliphatic rings. The third kappa shape index (κ3) is 2.95. The predicted octanol–water partition coefficient (Wildman–Crippen LogP) is 2.63. The number of carboxylic acids is 1.